The maximum absolute atomic E-state index is 12.7. The summed E-state index contributed by atoms with van der Waals surface area (Å²) in [5, 5.41) is 0. The SMILES string of the molecule is CCOC(CC)(CC)C(N)Cc1cccc(C(F)(F)F)c1. The summed E-state index contributed by atoms with van der Waals surface area (Å²) in [4.78, 5) is 0. The first kappa shape index (κ1) is 18.0. The molecule has 0 aliphatic heterocycles. The number of alkyl halides is 3. The molecule has 5 heteroatoms. The predicted molar refractivity (Wildman–Crippen MR) is 78.1 cm³/mol. The van der Waals surface area contributed by atoms with E-state index in [4.69, 9.17) is 10.5 Å². The van der Waals surface area contributed by atoms with Crippen LogP contribution in [0.2, 0.25) is 0 Å². The number of rotatable bonds is 7. The molecule has 0 radical (unpaired) electrons. The first-order valence-corrected chi connectivity index (χ1v) is 7.34. The second-order valence-electron chi connectivity index (χ2n) is 5.21. The van der Waals surface area contributed by atoms with E-state index >= 15 is 0 Å². The van der Waals surface area contributed by atoms with Crippen LogP contribution in [-0.4, -0.2) is 18.2 Å². The molecule has 1 aromatic rings. The Bertz CT molecular complexity index is 441. The van der Waals surface area contributed by atoms with Crippen LogP contribution >= 0.6 is 0 Å². The van der Waals surface area contributed by atoms with Crippen molar-refractivity contribution in [2.75, 3.05) is 6.61 Å². The van der Waals surface area contributed by atoms with Crippen molar-refractivity contribution >= 4 is 0 Å². The van der Waals surface area contributed by atoms with Crippen molar-refractivity contribution in [3.05, 3.63) is 35.4 Å². The number of nitrogens with two attached hydrogens (primary N) is 1. The Morgan fingerprint density at radius 2 is 1.76 bits per heavy atom. The molecule has 0 heterocycles. The molecule has 1 atom stereocenters. The zero-order valence-electron chi connectivity index (χ0n) is 12.8. The second-order valence-corrected chi connectivity index (χ2v) is 5.21. The Morgan fingerprint density at radius 3 is 2.24 bits per heavy atom. The average Bonchev–Trinajstić information content (AvgIpc) is 2.44. The second kappa shape index (κ2) is 7.27. The molecule has 0 aromatic heterocycles. The van der Waals surface area contributed by atoms with E-state index in [0.717, 1.165) is 18.9 Å². The van der Waals surface area contributed by atoms with Crippen molar-refractivity contribution in [2.24, 2.45) is 5.73 Å². The van der Waals surface area contributed by atoms with Crippen molar-refractivity contribution in [2.45, 2.75) is 57.9 Å². The maximum atomic E-state index is 12.7. The van der Waals surface area contributed by atoms with E-state index in [2.05, 4.69) is 0 Å². The quantitative estimate of drug-likeness (QED) is 0.820. The van der Waals surface area contributed by atoms with Gasteiger partial charge in [0.25, 0.3) is 0 Å². The van der Waals surface area contributed by atoms with Crippen molar-refractivity contribution in [1.29, 1.82) is 0 Å². The highest BCUT2D eigenvalue weighted by atomic mass is 19.4. The van der Waals surface area contributed by atoms with Gasteiger partial charge in [0.15, 0.2) is 0 Å². The van der Waals surface area contributed by atoms with Gasteiger partial charge in [-0.1, -0.05) is 32.0 Å². The zero-order valence-corrected chi connectivity index (χ0v) is 12.8. The summed E-state index contributed by atoms with van der Waals surface area (Å²) in [6.07, 6.45) is -2.49. The number of halogens is 3. The van der Waals surface area contributed by atoms with E-state index in [1.165, 1.54) is 12.1 Å². The highest BCUT2D eigenvalue weighted by molar-refractivity contribution is 5.26. The lowest BCUT2D eigenvalue weighted by Crippen LogP contribution is -2.50. The van der Waals surface area contributed by atoms with Gasteiger partial charge >= 0.3 is 6.18 Å². The Morgan fingerprint density at radius 1 is 1.14 bits per heavy atom. The Labute approximate surface area is 124 Å². The average molecular weight is 303 g/mol. The molecule has 0 spiro atoms. The molecular formula is C16H24F3NO. The summed E-state index contributed by atoms with van der Waals surface area (Å²) >= 11 is 0. The molecular weight excluding hydrogens is 279 g/mol. The first-order chi connectivity index (χ1) is 9.79. The van der Waals surface area contributed by atoms with Crippen LogP contribution in [0, 0.1) is 0 Å². The van der Waals surface area contributed by atoms with E-state index in [-0.39, 0.29) is 6.04 Å². The minimum atomic E-state index is -4.33. The van der Waals surface area contributed by atoms with Crippen molar-refractivity contribution < 1.29 is 17.9 Å². The number of ether oxygens (including phenoxy) is 1. The topological polar surface area (TPSA) is 35.2 Å². The van der Waals surface area contributed by atoms with E-state index in [0.29, 0.717) is 18.6 Å². The Balaban J connectivity index is 2.94. The lowest BCUT2D eigenvalue weighted by Gasteiger charge is -2.37. The Hall–Kier alpha value is -1.07. The lowest BCUT2D eigenvalue weighted by molar-refractivity contribution is -0.137. The molecule has 0 fully saturated rings. The van der Waals surface area contributed by atoms with Crippen LogP contribution in [0.4, 0.5) is 13.2 Å². The molecule has 1 rings (SSSR count). The standard InChI is InChI=1S/C16H24F3NO/c1-4-15(5-2,21-6-3)14(20)11-12-8-7-9-13(10-12)16(17,18)19/h7-10,14H,4-6,11,20H2,1-3H3. The fourth-order valence-electron chi connectivity index (χ4n) is 2.69. The highest BCUT2D eigenvalue weighted by Crippen LogP contribution is 2.31. The first-order valence-electron chi connectivity index (χ1n) is 7.34. The molecule has 1 aromatic carbocycles. The summed E-state index contributed by atoms with van der Waals surface area (Å²) in [6, 6.07) is 5.00. The molecule has 0 amide bonds. The molecule has 120 valence electrons. The van der Waals surface area contributed by atoms with E-state index < -0.39 is 17.3 Å². The fraction of sp³-hybridized carbons (Fsp3) is 0.625. The van der Waals surface area contributed by atoms with Gasteiger partial charge in [0.1, 0.15) is 0 Å². The van der Waals surface area contributed by atoms with Gasteiger partial charge < -0.3 is 10.5 Å². The highest BCUT2D eigenvalue weighted by Gasteiger charge is 2.35. The van der Waals surface area contributed by atoms with Crippen LogP contribution in [0.25, 0.3) is 0 Å². The summed E-state index contributed by atoms with van der Waals surface area (Å²) in [5.41, 5.74) is 5.71. The van der Waals surface area contributed by atoms with Gasteiger partial charge in [0.2, 0.25) is 0 Å². The van der Waals surface area contributed by atoms with Crippen LogP contribution in [0.3, 0.4) is 0 Å². The van der Waals surface area contributed by atoms with Crippen LogP contribution in [0.1, 0.15) is 44.7 Å². The minimum Gasteiger partial charge on any atom is -0.374 e. The summed E-state index contributed by atoms with van der Waals surface area (Å²) in [6.45, 7) is 6.42. The smallest absolute Gasteiger partial charge is 0.374 e. The van der Waals surface area contributed by atoms with E-state index in [1.54, 1.807) is 6.07 Å². The van der Waals surface area contributed by atoms with Gasteiger partial charge in [-0.25, -0.2) is 0 Å². The summed E-state index contributed by atoms with van der Waals surface area (Å²) < 4.78 is 44.0. The summed E-state index contributed by atoms with van der Waals surface area (Å²) in [5.74, 6) is 0. The number of hydrogen-bond acceptors (Lipinski definition) is 2. The van der Waals surface area contributed by atoms with Crippen LogP contribution in [0.5, 0.6) is 0 Å². The van der Waals surface area contributed by atoms with Gasteiger partial charge in [0.05, 0.1) is 11.2 Å². The molecule has 2 nitrogen and oxygen atoms in total. The van der Waals surface area contributed by atoms with E-state index in [1.807, 2.05) is 20.8 Å². The molecule has 1 unspecified atom stereocenters. The zero-order chi connectivity index (χ0) is 16.1. The number of benzene rings is 1. The van der Waals surface area contributed by atoms with E-state index in [9.17, 15) is 13.2 Å². The van der Waals surface area contributed by atoms with Crippen molar-refractivity contribution in [1.82, 2.24) is 0 Å². The molecule has 0 saturated carbocycles. The third-order valence-electron chi connectivity index (χ3n) is 4.01. The maximum Gasteiger partial charge on any atom is 0.416 e. The summed E-state index contributed by atoms with van der Waals surface area (Å²) in [7, 11) is 0. The predicted octanol–water partition coefficient (Wildman–Crippen LogP) is 4.17. The van der Waals surface area contributed by atoms with Crippen LogP contribution in [0.15, 0.2) is 24.3 Å². The normalized spacial score (nSPS) is 14.2. The van der Waals surface area contributed by atoms with Gasteiger partial charge in [-0.3, -0.25) is 0 Å². The van der Waals surface area contributed by atoms with Gasteiger partial charge in [-0.2, -0.15) is 13.2 Å². The Kier molecular flexibility index (Phi) is 6.23. The van der Waals surface area contributed by atoms with Crippen LogP contribution in [-0.2, 0) is 17.3 Å². The fourth-order valence-corrected chi connectivity index (χ4v) is 2.69. The van der Waals surface area contributed by atoms with Gasteiger partial charge in [-0.15, -0.1) is 0 Å². The van der Waals surface area contributed by atoms with Crippen molar-refractivity contribution in [3.8, 4) is 0 Å². The molecule has 0 aliphatic carbocycles. The number of hydrogen-bond donors (Lipinski definition) is 1. The van der Waals surface area contributed by atoms with Crippen molar-refractivity contribution in [3.63, 3.8) is 0 Å². The molecule has 2 N–H and O–H groups in total. The molecule has 0 bridgehead atoms. The monoisotopic (exact) mass is 303 g/mol. The van der Waals surface area contributed by atoms with Crippen LogP contribution < -0.4 is 5.73 Å². The molecule has 21 heavy (non-hydrogen) atoms. The molecule has 0 aliphatic rings. The largest absolute Gasteiger partial charge is 0.416 e. The van der Waals surface area contributed by atoms with Gasteiger partial charge in [0, 0.05) is 12.6 Å². The van der Waals surface area contributed by atoms with Gasteiger partial charge in [-0.05, 0) is 37.8 Å². The third-order valence-corrected chi connectivity index (χ3v) is 4.01. The molecule has 0 saturated heterocycles. The lowest BCUT2D eigenvalue weighted by atomic mass is 9.84. The minimum absolute atomic E-state index is 0.337. The third kappa shape index (κ3) is 4.45.